The summed E-state index contributed by atoms with van der Waals surface area (Å²) in [5.74, 6) is -0.680. The van der Waals surface area contributed by atoms with Gasteiger partial charge in [-0.2, -0.15) is 0 Å². The van der Waals surface area contributed by atoms with Gasteiger partial charge in [0.1, 0.15) is 36.8 Å². The lowest BCUT2D eigenvalue weighted by Gasteiger charge is -2.29. The van der Waals surface area contributed by atoms with Gasteiger partial charge in [-0.25, -0.2) is 4.99 Å². The number of aromatic amines is 1. The van der Waals surface area contributed by atoms with Crippen molar-refractivity contribution in [3.63, 3.8) is 0 Å². The van der Waals surface area contributed by atoms with Crippen LogP contribution in [0.5, 0.6) is 0 Å². The maximum Gasteiger partial charge on any atom is 0.323 e. The molecule has 0 unspecified atom stereocenters. The Balaban J connectivity index is 1.83. The first-order valence-corrected chi connectivity index (χ1v) is 16.3. The molecular weight excluding hydrogens is 578 g/mol. The minimum absolute atomic E-state index is 0.187. The zero-order chi connectivity index (χ0) is 33.2. The summed E-state index contributed by atoms with van der Waals surface area (Å²) in [6, 6.07) is 2.45. The standard InChI is InChI=1S/C33H53N5O7/c1-7-8-15-25(39)38-30(36-20-35-6)22-16-17-24(37-22)33(5)29(41)27(44-31(42)28(34)32(2,3)4)23(45-33)19-43-26(40)18-21-13-11-9-10-12-14-21/h16-17,20-21,23,27-29,37,41H,7-15,18-19,34H2,1-6H3,(H,35,36,38,39)/t23-,27-,28-,29-,33+/m1/s1. The fourth-order valence-electron chi connectivity index (χ4n) is 5.70. The van der Waals surface area contributed by atoms with Crippen LogP contribution in [-0.4, -0.2) is 78.1 Å². The summed E-state index contributed by atoms with van der Waals surface area (Å²) in [6.07, 6.45) is 6.73. The van der Waals surface area contributed by atoms with Crippen molar-refractivity contribution >= 4 is 30.0 Å². The van der Waals surface area contributed by atoms with E-state index in [1.54, 1.807) is 26.1 Å². The highest BCUT2D eigenvalue weighted by Gasteiger charge is 2.56. The molecule has 45 heavy (non-hydrogen) atoms. The van der Waals surface area contributed by atoms with Gasteiger partial charge in [0.15, 0.2) is 11.9 Å². The molecular formula is C33H53N5O7. The van der Waals surface area contributed by atoms with Gasteiger partial charge in [0, 0.05) is 19.9 Å². The molecule has 3 rings (SSSR count). The number of H-pyrrole nitrogens is 1. The molecule has 1 aliphatic heterocycles. The van der Waals surface area contributed by atoms with Crippen molar-refractivity contribution < 1.29 is 33.7 Å². The van der Waals surface area contributed by atoms with Gasteiger partial charge in [-0.3, -0.25) is 19.4 Å². The summed E-state index contributed by atoms with van der Waals surface area (Å²) in [7, 11) is 1.57. The summed E-state index contributed by atoms with van der Waals surface area (Å²) in [5.41, 5.74) is 5.11. The number of rotatable bonds is 12. The number of carbonyl (C=O) groups excluding carboxylic acids is 3. The van der Waals surface area contributed by atoms with Crippen molar-refractivity contribution in [2.45, 2.75) is 129 Å². The normalized spacial score (nSPS) is 25.6. The molecule has 1 aromatic heterocycles. The van der Waals surface area contributed by atoms with Crippen molar-refractivity contribution in [1.82, 2.24) is 10.3 Å². The minimum atomic E-state index is -1.40. The molecule has 0 aromatic carbocycles. The van der Waals surface area contributed by atoms with Crippen molar-refractivity contribution in [3.8, 4) is 0 Å². The molecule has 1 aliphatic carbocycles. The molecule has 252 valence electrons. The highest BCUT2D eigenvalue weighted by Crippen LogP contribution is 2.41. The van der Waals surface area contributed by atoms with Crippen molar-refractivity contribution in [2.24, 2.45) is 27.1 Å². The molecule has 0 spiro atoms. The molecule has 2 heterocycles. The SMILES string of the molecule is CCCCC(=O)NC(=NC=NC)c1ccc([C@]2(C)O[C@H](COC(=O)CC3CCCCCC3)[C@@H](OC(=O)[C@@H](N)C(C)(C)C)[C@H]2O)[nH]1. The number of aliphatic imine (C=N–C) groups is 2. The van der Waals surface area contributed by atoms with Crippen LogP contribution in [0.25, 0.3) is 0 Å². The lowest BCUT2D eigenvalue weighted by molar-refractivity contribution is -0.163. The van der Waals surface area contributed by atoms with E-state index in [-0.39, 0.29) is 30.2 Å². The number of nitrogens with one attached hydrogen (secondary N) is 2. The Bertz CT molecular complexity index is 1200. The van der Waals surface area contributed by atoms with E-state index in [0.29, 0.717) is 24.2 Å². The van der Waals surface area contributed by atoms with Crippen LogP contribution in [0.3, 0.4) is 0 Å². The highest BCUT2D eigenvalue weighted by molar-refractivity contribution is 6.09. The Morgan fingerprint density at radius 2 is 1.91 bits per heavy atom. The Hall–Kier alpha value is -3.09. The van der Waals surface area contributed by atoms with Gasteiger partial charge in [-0.1, -0.05) is 59.8 Å². The minimum Gasteiger partial charge on any atom is -0.463 e. The van der Waals surface area contributed by atoms with E-state index in [2.05, 4.69) is 20.3 Å². The predicted molar refractivity (Wildman–Crippen MR) is 172 cm³/mol. The molecule has 1 aromatic rings. The van der Waals surface area contributed by atoms with Gasteiger partial charge < -0.3 is 35.4 Å². The number of nitrogens with zero attached hydrogens (tertiary/aromatic N) is 2. The molecule has 12 heteroatoms. The topological polar surface area (TPSA) is 178 Å². The Kier molecular flexibility index (Phi) is 13.3. The third kappa shape index (κ3) is 9.95. The third-order valence-corrected chi connectivity index (χ3v) is 8.71. The maximum absolute atomic E-state index is 13.1. The fraction of sp³-hybridized carbons (Fsp3) is 0.727. The van der Waals surface area contributed by atoms with Gasteiger partial charge in [0.2, 0.25) is 5.91 Å². The predicted octanol–water partition coefficient (Wildman–Crippen LogP) is 3.89. The Morgan fingerprint density at radius 3 is 2.53 bits per heavy atom. The molecule has 1 saturated heterocycles. The number of aliphatic hydroxyl groups excluding tert-OH is 1. The monoisotopic (exact) mass is 631 g/mol. The van der Waals surface area contributed by atoms with Crippen LogP contribution in [0, 0.1) is 11.3 Å². The quantitative estimate of drug-likeness (QED) is 0.116. The van der Waals surface area contributed by atoms with E-state index < -0.39 is 41.3 Å². The summed E-state index contributed by atoms with van der Waals surface area (Å²) < 4.78 is 17.8. The molecule has 0 radical (unpaired) electrons. The van der Waals surface area contributed by atoms with Gasteiger partial charge in [0.05, 0.1) is 11.4 Å². The van der Waals surface area contributed by atoms with Crippen molar-refractivity contribution in [3.05, 3.63) is 23.5 Å². The van der Waals surface area contributed by atoms with Crippen LogP contribution >= 0.6 is 0 Å². The van der Waals surface area contributed by atoms with Crippen LogP contribution in [0.2, 0.25) is 0 Å². The average Bonchev–Trinajstić information content (AvgIpc) is 3.47. The highest BCUT2D eigenvalue weighted by atomic mass is 16.6. The Morgan fingerprint density at radius 1 is 1.22 bits per heavy atom. The molecule has 0 bridgehead atoms. The van der Waals surface area contributed by atoms with E-state index in [1.165, 1.54) is 19.2 Å². The molecule has 2 aliphatic rings. The van der Waals surface area contributed by atoms with E-state index in [9.17, 15) is 19.5 Å². The van der Waals surface area contributed by atoms with E-state index >= 15 is 0 Å². The number of aromatic nitrogens is 1. The second-order valence-electron chi connectivity index (χ2n) is 13.5. The summed E-state index contributed by atoms with van der Waals surface area (Å²) in [5, 5.41) is 14.4. The van der Waals surface area contributed by atoms with Crippen LogP contribution in [0.15, 0.2) is 22.1 Å². The largest absolute Gasteiger partial charge is 0.463 e. The number of hydrogen-bond acceptors (Lipinski definition) is 9. The Labute approximate surface area is 267 Å². The second-order valence-corrected chi connectivity index (χ2v) is 13.5. The van der Waals surface area contributed by atoms with Crippen molar-refractivity contribution in [1.29, 1.82) is 0 Å². The van der Waals surface area contributed by atoms with Gasteiger partial charge in [0.25, 0.3) is 0 Å². The van der Waals surface area contributed by atoms with Gasteiger partial charge in [-0.05, 0) is 49.7 Å². The summed E-state index contributed by atoms with van der Waals surface area (Å²) in [6.45, 7) is 8.92. The van der Waals surface area contributed by atoms with E-state index in [4.69, 9.17) is 19.9 Å². The van der Waals surface area contributed by atoms with E-state index in [1.807, 2.05) is 27.7 Å². The zero-order valence-electron chi connectivity index (χ0n) is 27.8. The van der Waals surface area contributed by atoms with Crippen molar-refractivity contribution in [2.75, 3.05) is 13.7 Å². The molecule has 5 N–H and O–H groups in total. The molecule has 1 amide bonds. The summed E-state index contributed by atoms with van der Waals surface area (Å²) in [4.78, 5) is 49.8. The van der Waals surface area contributed by atoms with Gasteiger partial charge in [-0.15, -0.1) is 0 Å². The second kappa shape index (κ2) is 16.5. The van der Waals surface area contributed by atoms with Gasteiger partial charge >= 0.3 is 11.9 Å². The first-order valence-electron chi connectivity index (χ1n) is 16.3. The molecule has 2 fully saturated rings. The number of unbranched alkanes of at least 4 members (excludes halogenated alkanes) is 1. The number of amides is 1. The van der Waals surface area contributed by atoms with Crippen LogP contribution in [-0.2, 0) is 34.2 Å². The smallest absolute Gasteiger partial charge is 0.323 e. The lowest BCUT2D eigenvalue weighted by atomic mass is 9.87. The number of nitrogens with two attached hydrogens (primary N) is 1. The lowest BCUT2D eigenvalue weighted by Crippen LogP contribution is -2.48. The summed E-state index contributed by atoms with van der Waals surface area (Å²) >= 11 is 0. The number of esters is 2. The van der Waals surface area contributed by atoms with Crippen LogP contribution < -0.4 is 11.1 Å². The number of ether oxygens (including phenoxy) is 3. The number of aliphatic hydroxyl groups is 1. The number of amidine groups is 1. The fourth-order valence-corrected chi connectivity index (χ4v) is 5.70. The number of hydrogen-bond donors (Lipinski definition) is 4. The molecule has 1 saturated carbocycles. The zero-order valence-corrected chi connectivity index (χ0v) is 27.8. The van der Waals surface area contributed by atoms with Crippen LogP contribution in [0.1, 0.15) is 110 Å². The molecule has 12 nitrogen and oxygen atoms in total. The van der Waals surface area contributed by atoms with E-state index in [0.717, 1.165) is 38.5 Å². The average molecular weight is 632 g/mol. The van der Waals surface area contributed by atoms with Crippen LogP contribution in [0.4, 0.5) is 0 Å². The third-order valence-electron chi connectivity index (χ3n) is 8.71. The number of carbonyl (C=O) groups is 3. The first kappa shape index (κ1) is 36.4. The first-order chi connectivity index (χ1) is 21.3. The maximum atomic E-state index is 13.1. The molecule has 5 atom stereocenters.